The second kappa shape index (κ2) is 6.12. The molecule has 0 aromatic heterocycles. The van der Waals surface area contributed by atoms with Gasteiger partial charge in [-0.15, -0.1) is 0 Å². The highest BCUT2D eigenvalue weighted by atomic mass is 32.2. The summed E-state index contributed by atoms with van der Waals surface area (Å²) in [6.45, 7) is 3.13. The molecule has 3 unspecified atom stereocenters. The lowest BCUT2D eigenvalue weighted by atomic mass is 10.0. The van der Waals surface area contributed by atoms with Gasteiger partial charge in [0.15, 0.2) is 0 Å². The zero-order valence-corrected chi connectivity index (χ0v) is 10.5. The molecule has 1 N–H and O–H groups in total. The Bertz CT molecular complexity index is 182. The normalized spacial score (nSPS) is 37.0. The fraction of sp³-hybridized carbons (Fsp3) is 1.00. The molecule has 88 valence electrons. The van der Waals surface area contributed by atoms with Crippen LogP contribution in [0.1, 0.15) is 32.1 Å². The van der Waals surface area contributed by atoms with E-state index < -0.39 is 0 Å². The van der Waals surface area contributed by atoms with Crippen LogP contribution in [0.5, 0.6) is 0 Å². The fourth-order valence-corrected chi connectivity index (χ4v) is 3.44. The minimum atomic E-state index is 0.770. The Labute approximate surface area is 97.5 Å². The van der Waals surface area contributed by atoms with E-state index in [4.69, 9.17) is 4.74 Å². The quantitative estimate of drug-likeness (QED) is 0.799. The predicted molar refractivity (Wildman–Crippen MR) is 66.5 cm³/mol. The SMILES string of the molecule is CSC1CCC(NCC2CCCOC2)C1. The maximum absolute atomic E-state index is 5.50. The van der Waals surface area contributed by atoms with Gasteiger partial charge in [0, 0.05) is 24.4 Å². The van der Waals surface area contributed by atoms with Crippen molar-refractivity contribution in [2.45, 2.75) is 43.4 Å². The molecule has 1 saturated heterocycles. The van der Waals surface area contributed by atoms with Crippen molar-refractivity contribution in [3.63, 3.8) is 0 Å². The molecular formula is C12H23NOS. The topological polar surface area (TPSA) is 21.3 Å². The summed E-state index contributed by atoms with van der Waals surface area (Å²) in [6, 6.07) is 0.782. The van der Waals surface area contributed by atoms with Gasteiger partial charge in [-0.2, -0.15) is 11.8 Å². The molecule has 0 aromatic rings. The van der Waals surface area contributed by atoms with Crippen LogP contribution in [0.25, 0.3) is 0 Å². The standard InChI is InChI=1S/C12H23NOS/c1-15-12-5-4-11(7-12)13-8-10-3-2-6-14-9-10/h10-13H,2-9H2,1H3. The van der Waals surface area contributed by atoms with E-state index in [2.05, 4.69) is 11.6 Å². The van der Waals surface area contributed by atoms with Crippen molar-refractivity contribution >= 4 is 11.8 Å². The van der Waals surface area contributed by atoms with Crippen molar-refractivity contribution in [1.82, 2.24) is 5.32 Å². The zero-order chi connectivity index (χ0) is 10.5. The first-order valence-electron chi connectivity index (χ1n) is 6.22. The van der Waals surface area contributed by atoms with Gasteiger partial charge in [-0.25, -0.2) is 0 Å². The van der Waals surface area contributed by atoms with Gasteiger partial charge in [0.1, 0.15) is 0 Å². The smallest absolute Gasteiger partial charge is 0.0506 e. The van der Waals surface area contributed by atoms with E-state index in [1.54, 1.807) is 0 Å². The van der Waals surface area contributed by atoms with E-state index in [0.29, 0.717) is 0 Å². The molecule has 0 radical (unpaired) electrons. The van der Waals surface area contributed by atoms with Gasteiger partial charge in [0.2, 0.25) is 0 Å². The van der Waals surface area contributed by atoms with Crippen LogP contribution in [-0.2, 0) is 4.74 Å². The third kappa shape index (κ3) is 3.65. The average molecular weight is 229 g/mol. The molecule has 0 bridgehead atoms. The third-order valence-corrected chi connectivity index (χ3v) is 4.76. The Morgan fingerprint density at radius 3 is 2.93 bits per heavy atom. The lowest BCUT2D eigenvalue weighted by Gasteiger charge is -2.24. The van der Waals surface area contributed by atoms with Crippen LogP contribution < -0.4 is 5.32 Å². The van der Waals surface area contributed by atoms with Crippen molar-refractivity contribution in [3.8, 4) is 0 Å². The second-order valence-electron chi connectivity index (χ2n) is 4.86. The van der Waals surface area contributed by atoms with Gasteiger partial charge < -0.3 is 10.1 Å². The number of rotatable bonds is 4. The summed E-state index contributed by atoms with van der Waals surface area (Å²) < 4.78 is 5.50. The molecule has 3 heteroatoms. The highest BCUT2D eigenvalue weighted by molar-refractivity contribution is 7.99. The zero-order valence-electron chi connectivity index (χ0n) is 9.71. The molecular weight excluding hydrogens is 206 g/mol. The molecule has 1 aliphatic heterocycles. The maximum Gasteiger partial charge on any atom is 0.0506 e. The third-order valence-electron chi connectivity index (χ3n) is 3.67. The second-order valence-corrected chi connectivity index (χ2v) is 6.00. The van der Waals surface area contributed by atoms with Crippen molar-refractivity contribution in [3.05, 3.63) is 0 Å². The molecule has 15 heavy (non-hydrogen) atoms. The lowest BCUT2D eigenvalue weighted by Crippen LogP contribution is -2.35. The van der Waals surface area contributed by atoms with E-state index in [0.717, 1.165) is 30.4 Å². The Hall–Kier alpha value is 0.270. The van der Waals surface area contributed by atoms with Gasteiger partial charge in [-0.05, 0) is 44.3 Å². The highest BCUT2D eigenvalue weighted by Crippen LogP contribution is 2.28. The van der Waals surface area contributed by atoms with Crippen LogP contribution in [-0.4, -0.2) is 37.3 Å². The Morgan fingerprint density at radius 2 is 2.27 bits per heavy atom. The van der Waals surface area contributed by atoms with Crippen molar-refractivity contribution in [1.29, 1.82) is 0 Å². The molecule has 1 aliphatic carbocycles. The first-order valence-corrected chi connectivity index (χ1v) is 7.51. The van der Waals surface area contributed by atoms with Crippen LogP contribution in [0.15, 0.2) is 0 Å². The van der Waals surface area contributed by atoms with Crippen LogP contribution in [0, 0.1) is 5.92 Å². The molecule has 0 spiro atoms. The van der Waals surface area contributed by atoms with Gasteiger partial charge in [-0.1, -0.05) is 0 Å². The van der Waals surface area contributed by atoms with E-state index in [1.165, 1.54) is 38.6 Å². The average Bonchev–Trinajstić information content (AvgIpc) is 2.76. The predicted octanol–water partition coefficient (Wildman–Crippen LogP) is 2.29. The summed E-state index contributed by atoms with van der Waals surface area (Å²) >= 11 is 2.03. The maximum atomic E-state index is 5.50. The first-order chi connectivity index (χ1) is 7.38. The van der Waals surface area contributed by atoms with Crippen molar-refractivity contribution in [2.24, 2.45) is 5.92 Å². The summed E-state index contributed by atoms with van der Waals surface area (Å²) in [5.74, 6) is 0.770. The molecule has 1 saturated carbocycles. The molecule has 2 aliphatic rings. The molecule has 2 nitrogen and oxygen atoms in total. The van der Waals surface area contributed by atoms with Crippen LogP contribution in [0.4, 0.5) is 0 Å². The van der Waals surface area contributed by atoms with E-state index >= 15 is 0 Å². The van der Waals surface area contributed by atoms with E-state index in [9.17, 15) is 0 Å². The minimum absolute atomic E-state index is 0.770. The van der Waals surface area contributed by atoms with Crippen LogP contribution in [0.2, 0.25) is 0 Å². The van der Waals surface area contributed by atoms with Gasteiger partial charge in [0.25, 0.3) is 0 Å². The lowest BCUT2D eigenvalue weighted by molar-refractivity contribution is 0.0539. The minimum Gasteiger partial charge on any atom is -0.381 e. The van der Waals surface area contributed by atoms with Crippen molar-refractivity contribution in [2.75, 3.05) is 26.0 Å². The van der Waals surface area contributed by atoms with Gasteiger partial charge >= 0.3 is 0 Å². The molecule has 0 aromatic carbocycles. The number of thioether (sulfide) groups is 1. The summed E-state index contributed by atoms with van der Waals surface area (Å²) in [6.07, 6.45) is 8.99. The molecule has 2 rings (SSSR count). The van der Waals surface area contributed by atoms with Gasteiger partial charge in [-0.3, -0.25) is 0 Å². The number of ether oxygens (including phenoxy) is 1. The van der Waals surface area contributed by atoms with Crippen LogP contribution >= 0.6 is 11.8 Å². The Morgan fingerprint density at radius 1 is 1.33 bits per heavy atom. The highest BCUT2D eigenvalue weighted by Gasteiger charge is 2.24. The fourth-order valence-electron chi connectivity index (χ4n) is 2.64. The first kappa shape index (κ1) is 11.7. The monoisotopic (exact) mass is 229 g/mol. The number of hydrogen-bond acceptors (Lipinski definition) is 3. The number of hydrogen-bond donors (Lipinski definition) is 1. The molecule has 0 amide bonds. The molecule has 2 fully saturated rings. The number of nitrogens with one attached hydrogen (secondary N) is 1. The summed E-state index contributed by atoms with van der Waals surface area (Å²) in [5, 5.41) is 4.63. The summed E-state index contributed by atoms with van der Waals surface area (Å²) in [4.78, 5) is 0. The Kier molecular flexibility index (Phi) is 4.79. The van der Waals surface area contributed by atoms with E-state index in [1.807, 2.05) is 11.8 Å². The summed E-state index contributed by atoms with van der Waals surface area (Å²) in [5.41, 5.74) is 0. The Balaban J connectivity index is 1.61. The molecule has 3 atom stereocenters. The van der Waals surface area contributed by atoms with Crippen LogP contribution in [0.3, 0.4) is 0 Å². The summed E-state index contributed by atoms with van der Waals surface area (Å²) in [7, 11) is 0. The largest absolute Gasteiger partial charge is 0.381 e. The van der Waals surface area contributed by atoms with Gasteiger partial charge in [0.05, 0.1) is 6.61 Å². The van der Waals surface area contributed by atoms with Crippen molar-refractivity contribution < 1.29 is 4.74 Å². The van der Waals surface area contributed by atoms with E-state index in [-0.39, 0.29) is 0 Å². The molecule has 1 heterocycles.